The fourth-order valence-electron chi connectivity index (χ4n) is 2.93. The molecule has 5 heteroatoms. The van der Waals surface area contributed by atoms with Crippen LogP contribution in [-0.2, 0) is 6.54 Å². The second-order valence-corrected chi connectivity index (χ2v) is 7.80. The number of fused-ring (bicyclic) bond motifs is 1. The van der Waals surface area contributed by atoms with Gasteiger partial charge in [0.25, 0.3) is 0 Å². The Hall–Kier alpha value is -0.770. The molecule has 116 valence electrons. The summed E-state index contributed by atoms with van der Waals surface area (Å²) in [6, 6.07) is 5.83. The Balaban J connectivity index is 2.48. The van der Waals surface area contributed by atoms with Gasteiger partial charge in [-0.2, -0.15) is 0 Å². The second kappa shape index (κ2) is 6.15. The van der Waals surface area contributed by atoms with Crippen LogP contribution in [0.4, 0.5) is 0 Å². The van der Waals surface area contributed by atoms with Gasteiger partial charge in [0.1, 0.15) is 5.82 Å². The van der Waals surface area contributed by atoms with Crippen molar-refractivity contribution in [3.63, 3.8) is 0 Å². The van der Waals surface area contributed by atoms with E-state index < -0.39 is 0 Å². The largest absolute Gasteiger partial charge is 0.326 e. The highest BCUT2D eigenvalue weighted by Crippen LogP contribution is 2.30. The van der Waals surface area contributed by atoms with Crippen molar-refractivity contribution in [1.82, 2.24) is 14.5 Å². The van der Waals surface area contributed by atoms with Crippen molar-refractivity contribution in [2.45, 2.75) is 32.7 Å². The second-order valence-electron chi connectivity index (χ2n) is 6.71. The predicted octanol–water partition coefficient (Wildman–Crippen LogP) is 4.58. The molecule has 2 rings (SSSR count). The Kier molecular flexibility index (Phi) is 4.86. The van der Waals surface area contributed by atoms with Crippen LogP contribution in [0.5, 0.6) is 0 Å². The minimum Gasteiger partial charge on any atom is -0.326 e. The minimum atomic E-state index is -0.133. The SMILES string of the molecule is CC(Cl)c1nc2cc(Cl)ccc2n1CC(C)(C)CN(C)C. The van der Waals surface area contributed by atoms with Gasteiger partial charge in [0.2, 0.25) is 0 Å². The van der Waals surface area contributed by atoms with Crippen LogP contribution in [0.3, 0.4) is 0 Å². The number of imidazole rings is 1. The van der Waals surface area contributed by atoms with Crippen molar-refractivity contribution in [2.75, 3.05) is 20.6 Å². The molecule has 1 unspecified atom stereocenters. The zero-order valence-corrected chi connectivity index (χ0v) is 14.8. The van der Waals surface area contributed by atoms with E-state index in [0.717, 1.165) is 29.9 Å². The molecule has 3 nitrogen and oxygen atoms in total. The van der Waals surface area contributed by atoms with Crippen LogP contribution < -0.4 is 0 Å². The summed E-state index contributed by atoms with van der Waals surface area (Å²) in [6.07, 6.45) is 0. The molecule has 0 fully saturated rings. The van der Waals surface area contributed by atoms with Crippen LogP contribution in [0, 0.1) is 5.41 Å². The van der Waals surface area contributed by atoms with Crippen molar-refractivity contribution in [1.29, 1.82) is 0 Å². The predicted molar refractivity (Wildman–Crippen MR) is 91.3 cm³/mol. The molecular formula is C16H23Cl2N3. The molecule has 1 heterocycles. The van der Waals surface area contributed by atoms with E-state index in [2.05, 4.69) is 42.4 Å². The number of rotatable bonds is 5. The van der Waals surface area contributed by atoms with Crippen LogP contribution in [-0.4, -0.2) is 35.1 Å². The Labute approximate surface area is 136 Å². The number of benzene rings is 1. The third kappa shape index (κ3) is 3.91. The molecule has 2 aromatic rings. The lowest BCUT2D eigenvalue weighted by Crippen LogP contribution is -2.32. The fraction of sp³-hybridized carbons (Fsp3) is 0.562. The summed E-state index contributed by atoms with van der Waals surface area (Å²) in [5, 5.41) is 0.569. The van der Waals surface area contributed by atoms with E-state index in [1.807, 2.05) is 25.1 Å². The summed E-state index contributed by atoms with van der Waals surface area (Å²) in [4.78, 5) is 6.88. The van der Waals surface area contributed by atoms with E-state index >= 15 is 0 Å². The van der Waals surface area contributed by atoms with Gasteiger partial charge in [0.05, 0.1) is 16.4 Å². The van der Waals surface area contributed by atoms with Gasteiger partial charge in [-0.3, -0.25) is 0 Å². The smallest absolute Gasteiger partial charge is 0.127 e. The van der Waals surface area contributed by atoms with Gasteiger partial charge >= 0.3 is 0 Å². The molecule has 0 aliphatic carbocycles. The number of aromatic nitrogens is 2. The molecular weight excluding hydrogens is 305 g/mol. The van der Waals surface area contributed by atoms with Crippen molar-refractivity contribution in [2.24, 2.45) is 5.41 Å². The van der Waals surface area contributed by atoms with E-state index in [0.29, 0.717) is 5.02 Å². The molecule has 21 heavy (non-hydrogen) atoms. The molecule has 0 aliphatic heterocycles. The van der Waals surface area contributed by atoms with Gasteiger partial charge in [-0.25, -0.2) is 4.98 Å². The maximum atomic E-state index is 6.33. The molecule has 0 spiro atoms. The third-order valence-electron chi connectivity index (χ3n) is 3.43. The molecule has 0 saturated heterocycles. The lowest BCUT2D eigenvalue weighted by Gasteiger charge is -2.29. The number of halogens is 2. The molecule has 1 aromatic carbocycles. The van der Waals surface area contributed by atoms with E-state index in [1.54, 1.807) is 0 Å². The van der Waals surface area contributed by atoms with Gasteiger partial charge in [0.15, 0.2) is 0 Å². The lowest BCUT2D eigenvalue weighted by molar-refractivity contribution is 0.211. The highest BCUT2D eigenvalue weighted by molar-refractivity contribution is 6.31. The molecule has 0 saturated carbocycles. The first-order valence-corrected chi connectivity index (χ1v) is 7.95. The zero-order valence-electron chi connectivity index (χ0n) is 13.3. The quantitative estimate of drug-likeness (QED) is 0.749. The van der Waals surface area contributed by atoms with E-state index in [4.69, 9.17) is 23.2 Å². The van der Waals surface area contributed by atoms with Crippen LogP contribution in [0.25, 0.3) is 11.0 Å². The highest BCUT2D eigenvalue weighted by Gasteiger charge is 2.24. The van der Waals surface area contributed by atoms with Crippen LogP contribution >= 0.6 is 23.2 Å². The summed E-state index contributed by atoms with van der Waals surface area (Å²) >= 11 is 12.4. The minimum absolute atomic E-state index is 0.122. The van der Waals surface area contributed by atoms with Gasteiger partial charge in [-0.15, -0.1) is 11.6 Å². The van der Waals surface area contributed by atoms with E-state index in [-0.39, 0.29) is 10.8 Å². The zero-order chi connectivity index (χ0) is 15.8. The van der Waals surface area contributed by atoms with Crippen LogP contribution in [0.2, 0.25) is 5.02 Å². The summed E-state index contributed by atoms with van der Waals surface area (Å²) in [5.41, 5.74) is 2.12. The maximum absolute atomic E-state index is 6.33. The Morgan fingerprint density at radius 1 is 1.33 bits per heavy atom. The van der Waals surface area contributed by atoms with Crippen molar-refractivity contribution < 1.29 is 0 Å². The number of nitrogens with zero attached hydrogens (tertiary/aromatic N) is 3. The molecule has 1 aromatic heterocycles. The van der Waals surface area contributed by atoms with E-state index in [9.17, 15) is 0 Å². The number of hydrogen-bond acceptors (Lipinski definition) is 2. The highest BCUT2D eigenvalue weighted by atomic mass is 35.5. The van der Waals surface area contributed by atoms with Crippen LogP contribution in [0.15, 0.2) is 18.2 Å². The van der Waals surface area contributed by atoms with Crippen LogP contribution in [0.1, 0.15) is 32.0 Å². The average Bonchev–Trinajstić information content (AvgIpc) is 2.64. The first-order valence-electron chi connectivity index (χ1n) is 7.14. The molecule has 0 N–H and O–H groups in total. The summed E-state index contributed by atoms with van der Waals surface area (Å²) in [5.74, 6) is 0.903. The topological polar surface area (TPSA) is 21.1 Å². The average molecular weight is 328 g/mol. The third-order valence-corrected chi connectivity index (χ3v) is 3.86. The molecule has 0 radical (unpaired) electrons. The van der Waals surface area contributed by atoms with Gasteiger partial charge in [-0.05, 0) is 44.6 Å². The molecule has 0 aliphatic rings. The molecule has 0 bridgehead atoms. The van der Waals surface area contributed by atoms with Crippen molar-refractivity contribution in [3.8, 4) is 0 Å². The molecule has 1 atom stereocenters. The molecule has 0 amide bonds. The van der Waals surface area contributed by atoms with Gasteiger partial charge in [0, 0.05) is 18.1 Å². The Morgan fingerprint density at radius 2 is 2.00 bits per heavy atom. The Bertz CT molecular complexity index is 630. The van der Waals surface area contributed by atoms with Gasteiger partial charge in [-0.1, -0.05) is 25.4 Å². The number of hydrogen-bond donors (Lipinski definition) is 0. The first-order chi connectivity index (χ1) is 9.69. The van der Waals surface area contributed by atoms with E-state index in [1.165, 1.54) is 0 Å². The normalized spacial score (nSPS) is 14.1. The monoisotopic (exact) mass is 327 g/mol. The van der Waals surface area contributed by atoms with Crippen molar-refractivity contribution >= 4 is 34.2 Å². The standard InChI is InChI=1S/C16H23Cl2N3/c1-11(17)15-19-13-8-12(18)6-7-14(13)21(15)10-16(2,3)9-20(4)5/h6-8,11H,9-10H2,1-5H3. The maximum Gasteiger partial charge on any atom is 0.127 e. The van der Waals surface area contributed by atoms with Gasteiger partial charge < -0.3 is 9.47 Å². The number of alkyl halides is 1. The van der Waals surface area contributed by atoms with Crippen molar-refractivity contribution in [3.05, 3.63) is 29.0 Å². The summed E-state index contributed by atoms with van der Waals surface area (Å²) < 4.78 is 2.23. The Morgan fingerprint density at radius 3 is 2.57 bits per heavy atom. The lowest BCUT2D eigenvalue weighted by atomic mass is 9.92. The summed E-state index contributed by atoms with van der Waals surface area (Å²) in [6.45, 7) is 8.35. The first kappa shape index (κ1) is 16.6. The summed E-state index contributed by atoms with van der Waals surface area (Å²) in [7, 11) is 4.19. The fourth-order valence-corrected chi connectivity index (χ4v) is 3.26.